The number of hydrogen-bond donors (Lipinski definition) is 0. The van der Waals surface area contributed by atoms with Gasteiger partial charge in [0, 0.05) is 47.9 Å². The topological polar surface area (TPSA) is 16.4 Å². The Bertz CT molecular complexity index is 3210. The monoisotopic (exact) mass is 719 g/mol. The molecule has 2 aromatic heterocycles. The minimum atomic E-state index is 0.908. The van der Waals surface area contributed by atoms with Gasteiger partial charge in [0.15, 0.2) is 0 Å². The highest BCUT2D eigenvalue weighted by atomic mass is 32.1. The van der Waals surface area contributed by atoms with Gasteiger partial charge in [-0.05, 0) is 111 Å². The highest BCUT2D eigenvalue weighted by Gasteiger charge is 2.19. The Hall–Kier alpha value is -6.94. The van der Waals surface area contributed by atoms with Crippen molar-refractivity contribution in [1.82, 2.24) is 0 Å². The van der Waals surface area contributed by atoms with Crippen LogP contribution in [0.1, 0.15) is 0 Å². The van der Waals surface area contributed by atoms with E-state index in [-0.39, 0.29) is 0 Å². The van der Waals surface area contributed by atoms with Gasteiger partial charge in [0.05, 0.1) is 5.69 Å². The predicted octanol–water partition coefficient (Wildman–Crippen LogP) is 15.6. The second-order valence-electron chi connectivity index (χ2n) is 14.1. The molecule has 2 nitrogen and oxygen atoms in total. The van der Waals surface area contributed by atoms with E-state index in [0.717, 1.165) is 50.1 Å². The van der Waals surface area contributed by atoms with Crippen LogP contribution in [0.4, 0.5) is 17.1 Å². The van der Waals surface area contributed by atoms with E-state index in [1.165, 1.54) is 53.2 Å². The van der Waals surface area contributed by atoms with Gasteiger partial charge in [-0.25, -0.2) is 0 Å². The summed E-state index contributed by atoms with van der Waals surface area (Å²) in [6.45, 7) is 0. The standard InChI is InChI=1S/C52H33NOS/c1-2-10-37-31-38(18-17-34(37)9-1)35-19-25-41(26-20-35)53(42-27-21-36(22-28-42)39-23-29-50-46(32-39)44-12-4-7-15-49(44)54-50)48-14-6-3-11-43(48)40-24-30-52-47(33-40)45-13-5-8-16-51(45)55-52/h1-33H. The molecule has 0 bridgehead atoms. The van der Waals surface area contributed by atoms with Gasteiger partial charge in [-0.15, -0.1) is 11.3 Å². The number of nitrogens with zero attached hydrogens (tertiary/aromatic N) is 1. The molecule has 0 aliphatic heterocycles. The highest BCUT2D eigenvalue weighted by molar-refractivity contribution is 7.25. The lowest BCUT2D eigenvalue weighted by Crippen LogP contribution is -2.11. The molecule has 2 heterocycles. The third-order valence-corrected chi connectivity index (χ3v) is 12.0. The molecule has 11 rings (SSSR count). The van der Waals surface area contributed by atoms with Crippen LogP contribution in [0.5, 0.6) is 0 Å². The number of benzene rings is 9. The van der Waals surface area contributed by atoms with E-state index < -0.39 is 0 Å². The number of rotatable bonds is 6. The number of anilines is 3. The molecule has 0 fully saturated rings. The molecule has 55 heavy (non-hydrogen) atoms. The molecule has 11 aromatic rings. The summed E-state index contributed by atoms with van der Waals surface area (Å²) in [4.78, 5) is 2.39. The van der Waals surface area contributed by atoms with Crippen LogP contribution in [-0.2, 0) is 0 Å². The normalized spacial score (nSPS) is 11.6. The molecule has 258 valence electrons. The van der Waals surface area contributed by atoms with Crippen molar-refractivity contribution in [2.75, 3.05) is 4.90 Å². The molecule has 9 aromatic carbocycles. The van der Waals surface area contributed by atoms with Crippen molar-refractivity contribution in [3.05, 3.63) is 200 Å². The minimum Gasteiger partial charge on any atom is -0.456 e. The van der Waals surface area contributed by atoms with E-state index in [0.29, 0.717) is 0 Å². The van der Waals surface area contributed by atoms with Crippen LogP contribution in [0.2, 0.25) is 0 Å². The Morgan fingerprint density at radius 3 is 1.73 bits per heavy atom. The molecule has 0 radical (unpaired) electrons. The van der Waals surface area contributed by atoms with Gasteiger partial charge in [0.1, 0.15) is 11.2 Å². The van der Waals surface area contributed by atoms with E-state index >= 15 is 0 Å². The molecule has 0 spiro atoms. The van der Waals surface area contributed by atoms with Crippen LogP contribution < -0.4 is 4.90 Å². The lowest BCUT2D eigenvalue weighted by molar-refractivity contribution is 0.669. The van der Waals surface area contributed by atoms with Gasteiger partial charge in [-0.1, -0.05) is 127 Å². The van der Waals surface area contributed by atoms with Crippen LogP contribution in [-0.4, -0.2) is 0 Å². The van der Waals surface area contributed by atoms with Gasteiger partial charge in [0.25, 0.3) is 0 Å². The second kappa shape index (κ2) is 12.9. The molecule has 0 saturated heterocycles. The first-order valence-electron chi connectivity index (χ1n) is 18.7. The first-order chi connectivity index (χ1) is 27.2. The Morgan fingerprint density at radius 2 is 0.909 bits per heavy atom. The largest absolute Gasteiger partial charge is 0.456 e. The Kier molecular flexibility index (Phi) is 7.39. The molecule has 0 N–H and O–H groups in total. The molecule has 0 aliphatic rings. The van der Waals surface area contributed by atoms with Crippen LogP contribution in [0, 0.1) is 0 Å². The van der Waals surface area contributed by atoms with Gasteiger partial charge in [0.2, 0.25) is 0 Å². The van der Waals surface area contributed by atoms with Crippen molar-refractivity contribution >= 4 is 81.3 Å². The minimum absolute atomic E-state index is 0.908. The molecule has 0 unspecified atom stereocenters. The molecule has 0 aliphatic carbocycles. The van der Waals surface area contributed by atoms with Gasteiger partial charge in [-0.3, -0.25) is 0 Å². The van der Waals surface area contributed by atoms with Crippen molar-refractivity contribution in [1.29, 1.82) is 0 Å². The van der Waals surface area contributed by atoms with Crippen LogP contribution in [0.15, 0.2) is 205 Å². The Balaban J connectivity index is 1.03. The summed E-state index contributed by atoms with van der Waals surface area (Å²) >= 11 is 1.85. The van der Waals surface area contributed by atoms with Gasteiger partial charge < -0.3 is 9.32 Å². The first kappa shape index (κ1) is 31.6. The maximum Gasteiger partial charge on any atom is 0.135 e. The molecule has 0 atom stereocenters. The van der Waals surface area contributed by atoms with Crippen molar-refractivity contribution < 1.29 is 4.42 Å². The maximum absolute atomic E-state index is 6.13. The fourth-order valence-corrected chi connectivity index (χ4v) is 9.20. The van der Waals surface area contributed by atoms with E-state index in [1.54, 1.807) is 0 Å². The average molecular weight is 720 g/mol. The zero-order valence-corrected chi connectivity index (χ0v) is 30.6. The maximum atomic E-state index is 6.13. The number of para-hydroxylation sites is 2. The number of fused-ring (bicyclic) bond motifs is 7. The zero-order chi connectivity index (χ0) is 36.3. The summed E-state index contributed by atoms with van der Waals surface area (Å²) in [6, 6.07) is 72.4. The van der Waals surface area contributed by atoms with Crippen molar-refractivity contribution in [2.45, 2.75) is 0 Å². The summed E-state index contributed by atoms with van der Waals surface area (Å²) in [5, 5.41) is 7.37. The molecule has 0 saturated carbocycles. The van der Waals surface area contributed by atoms with Gasteiger partial charge >= 0.3 is 0 Å². The number of furan rings is 1. The molecular weight excluding hydrogens is 687 g/mol. The summed E-state index contributed by atoms with van der Waals surface area (Å²) in [5.74, 6) is 0. The summed E-state index contributed by atoms with van der Waals surface area (Å²) < 4.78 is 8.75. The number of hydrogen-bond acceptors (Lipinski definition) is 3. The van der Waals surface area contributed by atoms with Crippen molar-refractivity contribution in [2.24, 2.45) is 0 Å². The average Bonchev–Trinajstić information content (AvgIpc) is 3.82. The fourth-order valence-electron chi connectivity index (χ4n) is 8.11. The second-order valence-corrected chi connectivity index (χ2v) is 15.2. The Morgan fingerprint density at radius 1 is 0.345 bits per heavy atom. The number of thiophene rings is 1. The predicted molar refractivity (Wildman–Crippen MR) is 235 cm³/mol. The zero-order valence-electron chi connectivity index (χ0n) is 29.8. The quantitative estimate of drug-likeness (QED) is 0.170. The SMILES string of the molecule is c1ccc(N(c2ccc(-c3ccc4ccccc4c3)cc2)c2ccc(-c3ccc4oc5ccccc5c4c3)cc2)c(-c2ccc3sc4ccccc4c3c2)c1. The van der Waals surface area contributed by atoms with Crippen LogP contribution in [0.25, 0.3) is 86.3 Å². The van der Waals surface area contributed by atoms with Crippen LogP contribution in [0.3, 0.4) is 0 Å². The van der Waals surface area contributed by atoms with Crippen molar-refractivity contribution in [3.8, 4) is 33.4 Å². The summed E-state index contributed by atoms with van der Waals surface area (Å²) in [6.07, 6.45) is 0. The lowest BCUT2D eigenvalue weighted by atomic mass is 9.98. The Labute approximate surface area is 322 Å². The smallest absolute Gasteiger partial charge is 0.135 e. The van der Waals surface area contributed by atoms with E-state index in [1.807, 2.05) is 23.5 Å². The third-order valence-electron chi connectivity index (χ3n) is 10.9. The first-order valence-corrected chi connectivity index (χ1v) is 19.5. The van der Waals surface area contributed by atoms with E-state index in [4.69, 9.17) is 4.42 Å². The van der Waals surface area contributed by atoms with E-state index in [2.05, 4.69) is 193 Å². The summed E-state index contributed by atoms with van der Waals surface area (Å²) in [5.41, 5.74) is 12.2. The van der Waals surface area contributed by atoms with Crippen molar-refractivity contribution in [3.63, 3.8) is 0 Å². The molecule has 3 heteroatoms. The fraction of sp³-hybridized carbons (Fsp3) is 0. The molecule has 0 amide bonds. The third kappa shape index (κ3) is 5.48. The molecular formula is C52H33NOS. The highest BCUT2D eigenvalue weighted by Crippen LogP contribution is 2.44. The van der Waals surface area contributed by atoms with Crippen LogP contribution >= 0.6 is 11.3 Å². The lowest BCUT2D eigenvalue weighted by Gasteiger charge is -2.28. The van der Waals surface area contributed by atoms with E-state index in [9.17, 15) is 0 Å². The summed E-state index contributed by atoms with van der Waals surface area (Å²) in [7, 11) is 0. The van der Waals surface area contributed by atoms with Gasteiger partial charge in [-0.2, -0.15) is 0 Å².